The molecule has 1 aromatic carbocycles. The maximum atomic E-state index is 12.1. The molecule has 0 unspecified atom stereocenters. The number of nitrogen functional groups attached to an aromatic ring is 1. The minimum atomic E-state index is 0.131. The van der Waals surface area contributed by atoms with E-state index in [0.29, 0.717) is 30.2 Å². The Labute approximate surface area is 108 Å². The maximum Gasteiger partial charge on any atom is 0.176 e. The van der Waals surface area contributed by atoms with Gasteiger partial charge in [-0.15, -0.1) is 0 Å². The van der Waals surface area contributed by atoms with Gasteiger partial charge >= 0.3 is 0 Å². The van der Waals surface area contributed by atoms with E-state index in [1.54, 1.807) is 18.2 Å². The van der Waals surface area contributed by atoms with Crippen LogP contribution in [0.3, 0.4) is 0 Å². The van der Waals surface area contributed by atoms with Gasteiger partial charge in [0.05, 0.1) is 18.8 Å². The molecular formula is C14H20N2O2. The van der Waals surface area contributed by atoms with Crippen molar-refractivity contribution in [3.8, 4) is 5.75 Å². The van der Waals surface area contributed by atoms with Crippen molar-refractivity contribution in [2.45, 2.75) is 19.8 Å². The summed E-state index contributed by atoms with van der Waals surface area (Å²) in [5.74, 6) is 0.780. The summed E-state index contributed by atoms with van der Waals surface area (Å²) < 4.78 is 5.36. The number of rotatable bonds is 5. The zero-order chi connectivity index (χ0) is 13.0. The number of anilines is 1. The van der Waals surface area contributed by atoms with Gasteiger partial charge in [-0.2, -0.15) is 0 Å². The molecule has 0 bridgehead atoms. The number of nitrogens with two attached hydrogens (primary N) is 1. The third kappa shape index (κ3) is 3.01. The van der Waals surface area contributed by atoms with Crippen LogP contribution in [-0.2, 0) is 0 Å². The molecule has 1 heterocycles. The molecule has 1 aromatic rings. The first-order chi connectivity index (χ1) is 8.70. The molecular weight excluding hydrogens is 228 g/mol. The van der Waals surface area contributed by atoms with E-state index in [4.69, 9.17) is 10.5 Å². The Bertz CT molecular complexity index is 426. The van der Waals surface area contributed by atoms with Crippen LogP contribution in [0.1, 0.15) is 30.1 Å². The number of likely N-dealkylation sites (tertiary alicyclic amines) is 1. The fourth-order valence-electron chi connectivity index (χ4n) is 2.24. The lowest BCUT2D eigenvalue weighted by molar-refractivity contribution is 0.0945. The number of hydrogen-bond donors (Lipinski definition) is 1. The first kappa shape index (κ1) is 12.9. The third-order valence-corrected chi connectivity index (χ3v) is 3.20. The zero-order valence-corrected chi connectivity index (χ0v) is 10.8. The predicted octanol–water partition coefficient (Wildman–Crippen LogP) is 1.95. The Balaban J connectivity index is 2.03. The largest absolute Gasteiger partial charge is 0.492 e. The van der Waals surface area contributed by atoms with Crippen molar-refractivity contribution in [3.05, 3.63) is 23.8 Å². The van der Waals surface area contributed by atoms with Gasteiger partial charge < -0.3 is 10.5 Å². The van der Waals surface area contributed by atoms with Crippen molar-refractivity contribution >= 4 is 11.5 Å². The molecule has 4 heteroatoms. The summed E-state index contributed by atoms with van der Waals surface area (Å²) in [6.07, 6.45) is 2.39. The summed E-state index contributed by atoms with van der Waals surface area (Å²) in [7, 11) is 0. The minimum Gasteiger partial charge on any atom is -0.492 e. The van der Waals surface area contributed by atoms with Crippen molar-refractivity contribution in [2.75, 3.05) is 32.0 Å². The van der Waals surface area contributed by atoms with Crippen molar-refractivity contribution < 1.29 is 9.53 Å². The second-order valence-electron chi connectivity index (χ2n) is 4.59. The van der Waals surface area contributed by atoms with Gasteiger partial charge in [0, 0.05) is 5.56 Å². The number of carbonyl (C=O) groups excluding carboxylic acids is 1. The average molecular weight is 248 g/mol. The van der Waals surface area contributed by atoms with E-state index in [-0.39, 0.29) is 5.78 Å². The Hall–Kier alpha value is -1.55. The molecule has 1 aliphatic heterocycles. The number of Topliss-reactive ketones (excluding diaryl/α,β-unsaturated/α-hetero) is 1. The monoisotopic (exact) mass is 248 g/mol. The van der Waals surface area contributed by atoms with Crippen LogP contribution in [0.5, 0.6) is 5.75 Å². The summed E-state index contributed by atoms with van der Waals surface area (Å²) in [5.41, 5.74) is 7.06. The highest BCUT2D eigenvalue weighted by molar-refractivity contribution is 5.98. The summed E-state index contributed by atoms with van der Waals surface area (Å²) in [5, 5.41) is 0. The SMILES string of the molecule is CCOc1ccc(C(=O)CN2CCCC2)cc1N. The number of carbonyl (C=O) groups is 1. The van der Waals surface area contributed by atoms with E-state index in [9.17, 15) is 4.79 Å². The van der Waals surface area contributed by atoms with Gasteiger partial charge in [0.25, 0.3) is 0 Å². The molecule has 0 amide bonds. The fraction of sp³-hybridized carbons (Fsp3) is 0.500. The normalized spacial score (nSPS) is 15.8. The van der Waals surface area contributed by atoms with Crippen molar-refractivity contribution in [2.24, 2.45) is 0 Å². The van der Waals surface area contributed by atoms with E-state index in [1.165, 1.54) is 12.8 Å². The van der Waals surface area contributed by atoms with Gasteiger partial charge in [0.15, 0.2) is 5.78 Å². The van der Waals surface area contributed by atoms with E-state index < -0.39 is 0 Å². The summed E-state index contributed by atoms with van der Waals surface area (Å²) >= 11 is 0. The van der Waals surface area contributed by atoms with Crippen molar-refractivity contribution in [1.82, 2.24) is 4.90 Å². The van der Waals surface area contributed by atoms with Gasteiger partial charge in [0.1, 0.15) is 5.75 Å². The molecule has 0 aromatic heterocycles. The van der Waals surface area contributed by atoms with E-state index >= 15 is 0 Å². The summed E-state index contributed by atoms with van der Waals surface area (Å²) in [6.45, 7) is 5.03. The average Bonchev–Trinajstić information content (AvgIpc) is 2.84. The summed E-state index contributed by atoms with van der Waals surface area (Å²) in [6, 6.07) is 5.28. The number of nitrogens with zero attached hydrogens (tertiary/aromatic N) is 1. The molecule has 0 aliphatic carbocycles. The highest BCUT2D eigenvalue weighted by Crippen LogP contribution is 2.23. The van der Waals surface area contributed by atoms with Crippen LogP contribution in [0.2, 0.25) is 0 Å². The topological polar surface area (TPSA) is 55.6 Å². The lowest BCUT2D eigenvalue weighted by atomic mass is 10.1. The van der Waals surface area contributed by atoms with E-state index in [0.717, 1.165) is 13.1 Å². The molecule has 98 valence electrons. The quantitative estimate of drug-likeness (QED) is 0.639. The van der Waals surface area contributed by atoms with Gasteiger partial charge in [-0.25, -0.2) is 0 Å². The van der Waals surface area contributed by atoms with Crippen LogP contribution in [0.15, 0.2) is 18.2 Å². The number of ketones is 1. The Morgan fingerprint density at radius 3 is 2.72 bits per heavy atom. The number of ether oxygens (including phenoxy) is 1. The third-order valence-electron chi connectivity index (χ3n) is 3.20. The minimum absolute atomic E-state index is 0.131. The lowest BCUT2D eigenvalue weighted by Gasteiger charge is -2.14. The molecule has 1 saturated heterocycles. The standard InChI is InChI=1S/C14H20N2O2/c1-2-18-14-6-5-11(9-12(14)15)13(17)10-16-7-3-4-8-16/h5-6,9H,2-4,7-8,10,15H2,1H3. The van der Waals surface area contributed by atoms with E-state index in [1.807, 2.05) is 6.92 Å². The Morgan fingerprint density at radius 1 is 1.39 bits per heavy atom. The maximum absolute atomic E-state index is 12.1. The van der Waals surface area contributed by atoms with Crippen LogP contribution in [0.25, 0.3) is 0 Å². The van der Waals surface area contributed by atoms with Crippen LogP contribution in [0, 0.1) is 0 Å². The van der Waals surface area contributed by atoms with E-state index in [2.05, 4.69) is 4.90 Å². The second kappa shape index (κ2) is 5.87. The van der Waals surface area contributed by atoms with Crippen molar-refractivity contribution in [3.63, 3.8) is 0 Å². The molecule has 0 atom stereocenters. The predicted molar refractivity (Wildman–Crippen MR) is 72.0 cm³/mol. The van der Waals surface area contributed by atoms with Crippen LogP contribution in [0.4, 0.5) is 5.69 Å². The second-order valence-corrected chi connectivity index (χ2v) is 4.59. The summed E-state index contributed by atoms with van der Waals surface area (Å²) in [4.78, 5) is 14.3. The van der Waals surface area contributed by atoms with Crippen LogP contribution in [-0.4, -0.2) is 36.9 Å². The molecule has 4 nitrogen and oxygen atoms in total. The first-order valence-corrected chi connectivity index (χ1v) is 6.48. The van der Waals surface area contributed by atoms with Crippen molar-refractivity contribution in [1.29, 1.82) is 0 Å². The van der Waals surface area contributed by atoms with Gasteiger partial charge in [-0.05, 0) is 51.1 Å². The van der Waals surface area contributed by atoms with Gasteiger partial charge in [-0.1, -0.05) is 0 Å². The number of benzene rings is 1. The first-order valence-electron chi connectivity index (χ1n) is 6.48. The molecule has 1 fully saturated rings. The van der Waals surface area contributed by atoms with Crippen LogP contribution < -0.4 is 10.5 Å². The molecule has 2 rings (SSSR count). The smallest absolute Gasteiger partial charge is 0.176 e. The molecule has 1 aliphatic rings. The molecule has 0 radical (unpaired) electrons. The zero-order valence-electron chi connectivity index (χ0n) is 10.8. The van der Waals surface area contributed by atoms with Crippen LogP contribution >= 0.6 is 0 Å². The molecule has 2 N–H and O–H groups in total. The highest BCUT2D eigenvalue weighted by atomic mass is 16.5. The molecule has 0 saturated carbocycles. The fourth-order valence-corrected chi connectivity index (χ4v) is 2.24. The number of hydrogen-bond acceptors (Lipinski definition) is 4. The highest BCUT2D eigenvalue weighted by Gasteiger charge is 2.16. The Morgan fingerprint density at radius 2 is 2.11 bits per heavy atom. The van der Waals surface area contributed by atoms with Gasteiger partial charge in [0.2, 0.25) is 0 Å². The molecule has 18 heavy (non-hydrogen) atoms. The molecule has 0 spiro atoms. The van der Waals surface area contributed by atoms with Gasteiger partial charge in [-0.3, -0.25) is 9.69 Å². The lowest BCUT2D eigenvalue weighted by Crippen LogP contribution is -2.26. The Kier molecular flexibility index (Phi) is 4.20.